The van der Waals surface area contributed by atoms with E-state index in [-0.39, 0.29) is 0 Å². The van der Waals surface area contributed by atoms with E-state index in [9.17, 15) is 0 Å². The topological polar surface area (TPSA) is 18.5 Å². The molecule has 0 bridgehead atoms. The van der Waals surface area contributed by atoms with Crippen LogP contribution in [0.3, 0.4) is 0 Å². The predicted octanol–water partition coefficient (Wildman–Crippen LogP) is 0.622. The zero-order chi connectivity index (χ0) is 10.4. The fourth-order valence-corrected chi connectivity index (χ4v) is 1.93. The van der Waals surface area contributed by atoms with E-state index >= 15 is 0 Å². The van der Waals surface area contributed by atoms with Crippen LogP contribution in [0.5, 0.6) is 0 Å². The van der Waals surface area contributed by atoms with Gasteiger partial charge in [-0.15, -0.1) is 0 Å². The molecule has 1 N–H and O–H groups in total. The lowest BCUT2D eigenvalue weighted by atomic mass is 10.2. The minimum absolute atomic E-state index is 0.734. The highest BCUT2D eigenvalue weighted by atomic mass is 15.2. The molecule has 0 aromatic heterocycles. The normalized spacial score (nSPS) is 22.3. The Labute approximate surface area is 88.5 Å². The average Bonchev–Trinajstić information content (AvgIpc) is 2.42. The van der Waals surface area contributed by atoms with Crippen molar-refractivity contribution in [3.05, 3.63) is 0 Å². The van der Waals surface area contributed by atoms with Gasteiger partial charge in [0.25, 0.3) is 0 Å². The predicted molar refractivity (Wildman–Crippen MR) is 61.7 cm³/mol. The Kier molecular flexibility index (Phi) is 5.45. The molecule has 1 atom stereocenters. The smallest absolute Gasteiger partial charge is 0.0110 e. The van der Waals surface area contributed by atoms with Crippen LogP contribution >= 0.6 is 0 Å². The van der Waals surface area contributed by atoms with Crippen molar-refractivity contribution >= 4 is 0 Å². The van der Waals surface area contributed by atoms with Crippen molar-refractivity contribution in [3.8, 4) is 0 Å². The summed E-state index contributed by atoms with van der Waals surface area (Å²) in [6.45, 7) is 8.39. The van der Waals surface area contributed by atoms with Gasteiger partial charge < -0.3 is 10.2 Å². The van der Waals surface area contributed by atoms with Gasteiger partial charge in [-0.3, -0.25) is 4.90 Å². The summed E-state index contributed by atoms with van der Waals surface area (Å²) in [4.78, 5) is 4.88. The zero-order valence-electron chi connectivity index (χ0n) is 9.92. The third-order valence-electron chi connectivity index (χ3n) is 2.99. The quantitative estimate of drug-likeness (QED) is 0.716. The summed E-state index contributed by atoms with van der Waals surface area (Å²) < 4.78 is 0. The number of rotatable bonds is 4. The van der Waals surface area contributed by atoms with Crippen LogP contribution in [0.2, 0.25) is 0 Å². The molecule has 0 amide bonds. The first kappa shape index (κ1) is 12.0. The monoisotopic (exact) mass is 199 g/mol. The average molecular weight is 199 g/mol. The second-order valence-corrected chi connectivity index (χ2v) is 4.58. The lowest BCUT2D eigenvalue weighted by Crippen LogP contribution is -2.37. The molecule has 0 aromatic rings. The molecule has 1 unspecified atom stereocenters. The molecule has 0 saturated carbocycles. The van der Waals surface area contributed by atoms with E-state index in [2.05, 4.69) is 36.1 Å². The van der Waals surface area contributed by atoms with Crippen molar-refractivity contribution in [2.24, 2.45) is 0 Å². The van der Waals surface area contributed by atoms with Crippen LogP contribution in [0.1, 0.15) is 19.8 Å². The van der Waals surface area contributed by atoms with Gasteiger partial charge in [-0.2, -0.15) is 0 Å². The van der Waals surface area contributed by atoms with Gasteiger partial charge in [-0.05, 0) is 53.5 Å². The van der Waals surface area contributed by atoms with E-state index in [1.807, 2.05) is 0 Å². The van der Waals surface area contributed by atoms with Crippen molar-refractivity contribution in [3.63, 3.8) is 0 Å². The summed E-state index contributed by atoms with van der Waals surface area (Å²) >= 11 is 0. The Morgan fingerprint density at radius 3 is 2.79 bits per heavy atom. The fraction of sp³-hybridized carbons (Fsp3) is 1.00. The SMILES string of the molecule is CC(CCN(C)C)N1CCCNCC1. The molecule has 84 valence electrons. The molecule has 1 saturated heterocycles. The van der Waals surface area contributed by atoms with Gasteiger partial charge in [-0.1, -0.05) is 0 Å². The number of hydrogen-bond donors (Lipinski definition) is 1. The summed E-state index contributed by atoms with van der Waals surface area (Å²) in [5, 5.41) is 3.44. The van der Waals surface area contributed by atoms with E-state index in [1.54, 1.807) is 0 Å². The van der Waals surface area contributed by atoms with Gasteiger partial charge in [0.15, 0.2) is 0 Å². The molecule has 3 heteroatoms. The maximum absolute atomic E-state index is 3.44. The second-order valence-electron chi connectivity index (χ2n) is 4.58. The highest BCUT2D eigenvalue weighted by molar-refractivity contribution is 4.72. The Hall–Kier alpha value is -0.120. The zero-order valence-corrected chi connectivity index (χ0v) is 9.92. The van der Waals surface area contributed by atoms with Gasteiger partial charge in [-0.25, -0.2) is 0 Å². The highest BCUT2D eigenvalue weighted by Crippen LogP contribution is 2.06. The lowest BCUT2D eigenvalue weighted by molar-refractivity contribution is 0.199. The van der Waals surface area contributed by atoms with Crippen LogP contribution in [-0.2, 0) is 0 Å². The van der Waals surface area contributed by atoms with Crippen molar-refractivity contribution in [2.45, 2.75) is 25.8 Å². The molecular weight excluding hydrogens is 174 g/mol. The first-order valence-corrected chi connectivity index (χ1v) is 5.79. The van der Waals surface area contributed by atoms with Gasteiger partial charge in [0.05, 0.1) is 0 Å². The van der Waals surface area contributed by atoms with Gasteiger partial charge >= 0.3 is 0 Å². The third kappa shape index (κ3) is 4.40. The van der Waals surface area contributed by atoms with Crippen LogP contribution in [0.15, 0.2) is 0 Å². The number of nitrogens with zero attached hydrogens (tertiary/aromatic N) is 2. The number of hydrogen-bond acceptors (Lipinski definition) is 3. The third-order valence-corrected chi connectivity index (χ3v) is 2.99. The molecule has 1 rings (SSSR count). The standard InChI is InChI=1S/C11H25N3/c1-11(5-9-13(2)3)14-8-4-6-12-7-10-14/h11-12H,4-10H2,1-3H3. The van der Waals surface area contributed by atoms with E-state index in [4.69, 9.17) is 0 Å². The highest BCUT2D eigenvalue weighted by Gasteiger charge is 2.14. The minimum atomic E-state index is 0.734. The molecule has 1 aliphatic heterocycles. The molecular formula is C11H25N3. The van der Waals surface area contributed by atoms with Crippen LogP contribution in [0.25, 0.3) is 0 Å². The van der Waals surface area contributed by atoms with Crippen LogP contribution in [-0.4, -0.2) is 62.7 Å². The van der Waals surface area contributed by atoms with Crippen molar-refractivity contribution in [1.29, 1.82) is 0 Å². The first-order chi connectivity index (χ1) is 6.70. The largest absolute Gasteiger partial charge is 0.315 e. The molecule has 0 radical (unpaired) electrons. The molecule has 14 heavy (non-hydrogen) atoms. The van der Waals surface area contributed by atoms with E-state index in [0.29, 0.717) is 0 Å². The Balaban J connectivity index is 2.23. The van der Waals surface area contributed by atoms with E-state index in [1.165, 1.54) is 39.0 Å². The minimum Gasteiger partial charge on any atom is -0.315 e. The van der Waals surface area contributed by atoms with E-state index < -0.39 is 0 Å². The van der Waals surface area contributed by atoms with Gasteiger partial charge in [0, 0.05) is 19.1 Å². The fourth-order valence-electron chi connectivity index (χ4n) is 1.93. The van der Waals surface area contributed by atoms with Crippen LogP contribution < -0.4 is 5.32 Å². The molecule has 1 heterocycles. The Morgan fingerprint density at radius 1 is 1.29 bits per heavy atom. The summed E-state index contributed by atoms with van der Waals surface area (Å²) in [7, 11) is 4.30. The first-order valence-electron chi connectivity index (χ1n) is 5.79. The maximum atomic E-state index is 3.44. The van der Waals surface area contributed by atoms with Crippen LogP contribution in [0, 0.1) is 0 Å². The van der Waals surface area contributed by atoms with Crippen molar-refractivity contribution in [2.75, 3.05) is 46.8 Å². The molecule has 0 aromatic carbocycles. The Bertz CT molecular complexity index is 139. The summed E-state index contributed by atoms with van der Waals surface area (Å²) in [6, 6.07) is 0.734. The number of nitrogens with one attached hydrogen (secondary N) is 1. The Morgan fingerprint density at radius 2 is 2.07 bits per heavy atom. The summed E-state index contributed by atoms with van der Waals surface area (Å²) in [5.74, 6) is 0. The molecule has 1 aliphatic rings. The summed E-state index contributed by atoms with van der Waals surface area (Å²) in [6.07, 6.45) is 2.58. The molecule has 0 spiro atoms. The molecule has 1 fully saturated rings. The van der Waals surface area contributed by atoms with E-state index in [0.717, 1.165) is 12.6 Å². The van der Waals surface area contributed by atoms with Crippen molar-refractivity contribution in [1.82, 2.24) is 15.1 Å². The van der Waals surface area contributed by atoms with Crippen molar-refractivity contribution < 1.29 is 0 Å². The van der Waals surface area contributed by atoms with Crippen LogP contribution in [0.4, 0.5) is 0 Å². The lowest BCUT2D eigenvalue weighted by Gasteiger charge is -2.28. The van der Waals surface area contributed by atoms with Gasteiger partial charge in [0.1, 0.15) is 0 Å². The molecule has 0 aliphatic carbocycles. The van der Waals surface area contributed by atoms with Gasteiger partial charge in [0.2, 0.25) is 0 Å². The maximum Gasteiger partial charge on any atom is 0.0110 e. The molecule has 3 nitrogen and oxygen atoms in total. The summed E-state index contributed by atoms with van der Waals surface area (Å²) in [5.41, 5.74) is 0. The second kappa shape index (κ2) is 6.38.